The van der Waals surface area contributed by atoms with Gasteiger partial charge in [0.25, 0.3) is 0 Å². The molecule has 1 aromatic rings. The molecule has 1 aliphatic heterocycles. The number of carbonyl (C=O) groups is 1. The van der Waals surface area contributed by atoms with E-state index < -0.39 is 5.54 Å². The number of ether oxygens (including phenoxy) is 2. The first kappa shape index (κ1) is 18.6. The highest BCUT2D eigenvalue weighted by molar-refractivity contribution is 5.86. The number of nitrogens with zero attached hydrogens (tertiary/aromatic N) is 1. The van der Waals surface area contributed by atoms with Crippen LogP contribution >= 0.6 is 0 Å². The van der Waals surface area contributed by atoms with Crippen molar-refractivity contribution in [1.82, 2.24) is 4.90 Å². The topological polar surface area (TPSA) is 64.8 Å². The fourth-order valence-electron chi connectivity index (χ4n) is 3.26. The predicted octanol–water partition coefficient (Wildman–Crippen LogP) is 2.89. The number of fused-ring (bicyclic) bond motifs is 1. The molecule has 0 radical (unpaired) electrons. The summed E-state index contributed by atoms with van der Waals surface area (Å²) in [5.74, 6) is 1.56. The van der Waals surface area contributed by atoms with Crippen molar-refractivity contribution in [3.63, 3.8) is 0 Å². The van der Waals surface area contributed by atoms with E-state index in [-0.39, 0.29) is 5.91 Å². The van der Waals surface area contributed by atoms with Crippen LogP contribution in [0.1, 0.15) is 51.7 Å². The van der Waals surface area contributed by atoms with E-state index in [1.54, 1.807) is 0 Å². The summed E-state index contributed by atoms with van der Waals surface area (Å²) in [6, 6.07) is 4.07. The van der Waals surface area contributed by atoms with Crippen molar-refractivity contribution >= 4 is 5.91 Å². The van der Waals surface area contributed by atoms with Gasteiger partial charge in [0.2, 0.25) is 5.91 Å². The van der Waals surface area contributed by atoms with Crippen molar-refractivity contribution in [3.8, 4) is 11.5 Å². The Morgan fingerprint density at radius 2 is 1.75 bits per heavy atom. The third-order valence-electron chi connectivity index (χ3n) is 4.42. The summed E-state index contributed by atoms with van der Waals surface area (Å²) in [4.78, 5) is 14.6. The van der Waals surface area contributed by atoms with Crippen molar-refractivity contribution in [2.75, 3.05) is 19.8 Å². The van der Waals surface area contributed by atoms with E-state index in [4.69, 9.17) is 15.2 Å². The highest BCUT2D eigenvalue weighted by Gasteiger charge is 2.33. The number of carbonyl (C=O) groups excluding carboxylic acids is 1. The lowest BCUT2D eigenvalue weighted by Crippen LogP contribution is -2.54. The summed E-state index contributed by atoms with van der Waals surface area (Å²) >= 11 is 0. The molecule has 5 heteroatoms. The molecule has 0 aliphatic carbocycles. The van der Waals surface area contributed by atoms with Crippen LogP contribution in [0, 0.1) is 0 Å². The fraction of sp³-hybridized carbons (Fsp3) is 0.632. The summed E-state index contributed by atoms with van der Waals surface area (Å²) in [6.07, 6.45) is 2.41. The van der Waals surface area contributed by atoms with E-state index in [1.165, 1.54) is 5.56 Å². The number of amides is 1. The van der Waals surface area contributed by atoms with Crippen LogP contribution in [0.5, 0.6) is 11.5 Å². The van der Waals surface area contributed by atoms with Gasteiger partial charge in [-0.1, -0.05) is 13.3 Å². The zero-order chi connectivity index (χ0) is 17.7. The van der Waals surface area contributed by atoms with Crippen molar-refractivity contribution in [2.45, 2.75) is 59.0 Å². The molecule has 0 fully saturated rings. The van der Waals surface area contributed by atoms with Crippen LogP contribution in [0.15, 0.2) is 12.1 Å². The van der Waals surface area contributed by atoms with Crippen LogP contribution in [0.2, 0.25) is 0 Å². The Balaban J connectivity index is 2.23. The Kier molecular flexibility index (Phi) is 6.10. The van der Waals surface area contributed by atoms with Crippen LogP contribution in [0.25, 0.3) is 0 Å². The minimum atomic E-state index is -0.791. The lowest BCUT2D eigenvalue weighted by Gasteiger charge is -2.35. The Hall–Kier alpha value is -1.75. The van der Waals surface area contributed by atoms with Gasteiger partial charge in [-0.3, -0.25) is 4.79 Å². The number of hydrogen-bond donors (Lipinski definition) is 1. The van der Waals surface area contributed by atoms with E-state index in [1.807, 2.05) is 38.7 Å². The Labute approximate surface area is 145 Å². The van der Waals surface area contributed by atoms with Gasteiger partial charge in [-0.2, -0.15) is 0 Å². The summed E-state index contributed by atoms with van der Waals surface area (Å²) in [5, 5.41) is 0. The van der Waals surface area contributed by atoms with E-state index >= 15 is 0 Å². The lowest BCUT2D eigenvalue weighted by molar-refractivity contribution is -0.137. The van der Waals surface area contributed by atoms with Gasteiger partial charge < -0.3 is 20.1 Å². The molecule has 0 saturated carbocycles. The smallest absolute Gasteiger partial charge is 0.242 e. The van der Waals surface area contributed by atoms with Gasteiger partial charge in [0.15, 0.2) is 11.5 Å². The van der Waals surface area contributed by atoms with Crippen LogP contribution in [-0.2, 0) is 17.8 Å². The standard InChI is InChI=1S/C19H30N2O3/c1-5-9-19(4,20)18(22)21-10-8-14-11-16(23-6-2)17(24-7-3)12-15(14)13-21/h11-12H,5-10,13,20H2,1-4H3. The molecule has 1 amide bonds. The average Bonchev–Trinajstić information content (AvgIpc) is 2.54. The second kappa shape index (κ2) is 7.88. The number of hydrogen-bond acceptors (Lipinski definition) is 4. The number of benzene rings is 1. The minimum Gasteiger partial charge on any atom is -0.490 e. The molecule has 1 unspecified atom stereocenters. The molecule has 0 aromatic heterocycles. The van der Waals surface area contributed by atoms with Crippen molar-refractivity contribution in [1.29, 1.82) is 0 Å². The molecule has 2 rings (SSSR count). The first-order valence-corrected chi connectivity index (χ1v) is 8.92. The largest absolute Gasteiger partial charge is 0.490 e. The Morgan fingerprint density at radius 3 is 2.29 bits per heavy atom. The predicted molar refractivity (Wildman–Crippen MR) is 95.4 cm³/mol. The lowest BCUT2D eigenvalue weighted by atomic mass is 9.92. The van der Waals surface area contributed by atoms with Crippen LogP contribution in [0.3, 0.4) is 0 Å². The molecule has 1 heterocycles. The molecule has 0 spiro atoms. The first-order chi connectivity index (χ1) is 11.4. The fourth-order valence-corrected chi connectivity index (χ4v) is 3.26. The quantitative estimate of drug-likeness (QED) is 0.833. The maximum atomic E-state index is 12.7. The van der Waals surface area contributed by atoms with E-state index in [2.05, 4.69) is 6.07 Å². The normalized spacial score (nSPS) is 16.3. The molecule has 1 aliphatic rings. The molecular formula is C19H30N2O3. The summed E-state index contributed by atoms with van der Waals surface area (Å²) < 4.78 is 11.4. The second-order valence-electron chi connectivity index (χ2n) is 6.58. The highest BCUT2D eigenvalue weighted by Crippen LogP contribution is 2.34. The van der Waals surface area contributed by atoms with Crippen molar-refractivity contribution < 1.29 is 14.3 Å². The van der Waals surface area contributed by atoms with Gasteiger partial charge in [0, 0.05) is 13.1 Å². The van der Waals surface area contributed by atoms with Crippen LogP contribution in [-0.4, -0.2) is 36.1 Å². The van der Waals surface area contributed by atoms with Gasteiger partial charge in [0.05, 0.1) is 18.8 Å². The Morgan fingerprint density at radius 1 is 1.17 bits per heavy atom. The average molecular weight is 334 g/mol. The summed E-state index contributed by atoms with van der Waals surface area (Å²) in [5.41, 5.74) is 7.78. The molecular weight excluding hydrogens is 304 g/mol. The number of nitrogens with two attached hydrogens (primary N) is 1. The van der Waals surface area contributed by atoms with Gasteiger partial charge in [-0.15, -0.1) is 0 Å². The van der Waals surface area contributed by atoms with Crippen molar-refractivity contribution in [2.24, 2.45) is 5.73 Å². The van der Waals surface area contributed by atoms with E-state index in [0.717, 1.165) is 29.9 Å². The molecule has 24 heavy (non-hydrogen) atoms. The zero-order valence-corrected chi connectivity index (χ0v) is 15.4. The molecule has 1 atom stereocenters. The maximum Gasteiger partial charge on any atom is 0.242 e. The van der Waals surface area contributed by atoms with Crippen LogP contribution in [0.4, 0.5) is 0 Å². The zero-order valence-electron chi connectivity index (χ0n) is 15.4. The molecule has 0 bridgehead atoms. The third-order valence-corrected chi connectivity index (χ3v) is 4.42. The van der Waals surface area contributed by atoms with Crippen molar-refractivity contribution in [3.05, 3.63) is 23.3 Å². The van der Waals surface area contributed by atoms with Crippen LogP contribution < -0.4 is 15.2 Å². The summed E-state index contributed by atoms with van der Waals surface area (Å²) in [6.45, 7) is 10.3. The Bertz CT molecular complexity index is 584. The van der Waals surface area contributed by atoms with E-state index in [9.17, 15) is 4.79 Å². The minimum absolute atomic E-state index is 0.0295. The monoisotopic (exact) mass is 334 g/mol. The number of rotatable bonds is 7. The maximum absolute atomic E-state index is 12.7. The molecule has 2 N–H and O–H groups in total. The van der Waals surface area contributed by atoms with Gasteiger partial charge in [-0.05, 0) is 56.9 Å². The van der Waals surface area contributed by atoms with E-state index in [0.29, 0.717) is 32.7 Å². The molecule has 1 aromatic carbocycles. The first-order valence-electron chi connectivity index (χ1n) is 8.92. The summed E-state index contributed by atoms with van der Waals surface area (Å²) in [7, 11) is 0. The molecule has 5 nitrogen and oxygen atoms in total. The molecule has 134 valence electrons. The second-order valence-corrected chi connectivity index (χ2v) is 6.58. The van der Waals surface area contributed by atoms with Gasteiger partial charge in [0.1, 0.15) is 0 Å². The van der Waals surface area contributed by atoms with Gasteiger partial charge in [-0.25, -0.2) is 0 Å². The molecule has 0 saturated heterocycles. The SMILES string of the molecule is CCCC(C)(N)C(=O)N1CCc2cc(OCC)c(OCC)cc2C1. The third kappa shape index (κ3) is 4.01. The highest BCUT2D eigenvalue weighted by atomic mass is 16.5. The van der Waals surface area contributed by atoms with Gasteiger partial charge >= 0.3 is 0 Å².